The first kappa shape index (κ1) is 46.7. The van der Waals surface area contributed by atoms with Crippen LogP contribution in [0.4, 0.5) is 0 Å². The van der Waals surface area contributed by atoms with Crippen molar-refractivity contribution in [2.24, 2.45) is 5.92 Å². The Kier molecular flexibility index (Phi) is 37.0. The summed E-state index contributed by atoms with van der Waals surface area (Å²) in [6, 6.07) is 0. The van der Waals surface area contributed by atoms with Gasteiger partial charge in [-0.3, -0.25) is 4.79 Å². The summed E-state index contributed by atoms with van der Waals surface area (Å²) in [5.41, 5.74) is 2.22. The van der Waals surface area contributed by atoms with Crippen molar-refractivity contribution in [1.29, 1.82) is 0 Å². The van der Waals surface area contributed by atoms with Gasteiger partial charge in [-0.25, -0.2) is 0 Å². The van der Waals surface area contributed by atoms with E-state index < -0.39 is 0 Å². The molecule has 1 heterocycles. The van der Waals surface area contributed by atoms with E-state index in [0.717, 1.165) is 50.3 Å². The summed E-state index contributed by atoms with van der Waals surface area (Å²) in [7, 11) is 0. The Labute approximate surface area is 291 Å². The topological polar surface area (TPSA) is 61.3 Å². The van der Waals surface area contributed by atoms with Crippen LogP contribution in [0.2, 0.25) is 0 Å². The summed E-state index contributed by atoms with van der Waals surface area (Å²) in [4.78, 5) is 11.7. The number of nitrogens with zero attached hydrogens (tertiary/aromatic N) is 2. The molecule has 0 aliphatic heterocycles. The molecule has 1 aliphatic rings. The lowest BCUT2D eigenvalue weighted by Gasteiger charge is -2.11. The molecule has 0 amide bonds. The van der Waals surface area contributed by atoms with Gasteiger partial charge in [0.05, 0.1) is 18.3 Å². The number of aromatic nitrogens is 2. The summed E-state index contributed by atoms with van der Waals surface area (Å²) < 4.78 is 19.9. The number of hydrogen-bond donors (Lipinski definition) is 0. The fourth-order valence-corrected chi connectivity index (χ4v) is 5.64. The zero-order valence-corrected chi connectivity index (χ0v) is 33.0. The van der Waals surface area contributed by atoms with Gasteiger partial charge in [-0.05, 0) is 56.9 Å². The maximum absolute atomic E-state index is 11.7. The van der Waals surface area contributed by atoms with Crippen LogP contribution in [0.15, 0.2) is 6.08 Å². The third-order valence-corrected chi connectivity index (χ3v) is 8.66. The number of hydrogen-bond acceptors (Lipinski definition) is 6. The van der Waals surface area contributed by atoms with E-state index in [-0.39, 0.29) is 12.1 Å². The van der Waals surface area contributed by atoms with Crippen LogP contribution in [-0.4, -0.2) is 27.4 Å². The molecular weight excluding hydrogens is 589 g/mol. The highest BCUT2D eigenvalue weighted by Gasteiger charge is 2.30. The Morgan fingerprint density at radius 2 is 1.24 bits per heavy atom. The lowest BCUT2D eigenvalue weighted by molar-refractivity contribution is -0.149. The van der Waals surface area contributed by atoms with Crippen molar-refractivity contribution >= 4 is 23.3 Å². The summed E-state index contributed by atoms with van der Waals surface area (Å²) in [5, 5.41) is 0. The van der Waals surface area contributed by atoms with Crippen LogP contribution in [-0.2, 0) is 9.53 Å². The van der Waals surface area contributed by atoms with Crippen molar-refractivity contribution in [3.8, 4) is 5.88 Å². The van der Waals surface area contributed by atoms with Crippen molar-refractivity contribution in [3.63, 3.8) is 0 Å². The molecule has 2 rings (SSSR count). The molecule has 1 aliphatic carbocycles. The third-order valence-electron chi connectivity index (χ3n) is 8.15. The van der Waals surface area contributed by atoms with E-state index >= 15 is 0 Å². The van der Waals surface area contributed by atoms with Gasteiger partial charge in [-0.2, -0.15) is 4.37 Å². The first-order valence-electron chi connectivity index (χ1n) is 19.9. The van der Waals surface area contributed by atoms with E-state index in [1.165, 1.54) is 126 Å². The molecule has 0 spiro atoms. The zero-order chi connectivity index (χ0) is 34.7. The summed E-state index contributed by atoms with van der Waals surface area (Å²) in [6.07, 6.45) is 31.1. The van der Waals surface area contributed by atoms with Crippen LogP contribution in [0.1, 0.15) is 216 Å². The van der Waals surface area contributed by atoms with Gasteiger partial charge in [-0.1, -0.05) is 164 Å². The summed E-state index contributed by atoms with van der Waals surface area (Å²) >= 11 is 1.25. The van der Waals surface area contributed by atoms with Gasteiger partial charge in [0.2, 0.25) is 0 Å². The average Bonchev–Trinajstić information content (AvgIpc) is 3.84. The van der Waals surface area contributed by atoms with Gasteiger partial charge in [0.25, 0.3) is 5.88 Å². The van der Waals surface area contributed by atoms with E-state index in [1.807, 2.05) is 34.6 Å². The molecule has 1 aromatic heterocycles. The minimum Gasteiger partial charge on any atom is -0.475 e. The number of esters is 1. The second-order valence-electron chi connectivity index (χ2n) is 12.2. The van der Waals surface area contributed by atoms with Crippen molar-refractivity contribution in [1.82, 2.24) is 8.75 Å². The van der Waals surface area contributed by atoms with Crippen LogP contribution in [0.3, 0.4) is 0 Å². The Morgan fingerprint density at radius 3 is 1.72 bits per heavy atom. The molecule has 6 heteroatoms. The van der Waals surface area contributed by atoms with Gasteiger partial charge in [-0.15, -0.1) is 4.37 Å². The van der Waals surface area contributed by atoms with Crippen LogP contribution in [0.5, 0.6) is 5.88 Å². The van der Waals surface area contributed by atoms with Crippen molar-refractivity contribution in [2.75, 3.05) is 6.61 Å². The highest BCUT2D eigenvalue weighted by molar-refractivity contribution is 6.99. The minimum absolute atomic E-state index is 0.0208. The molecule has 1 atom stereocenters. The van der Waals surface area contributed by atoms with Gasteiger partial charge in [0.1, 0.15) is 11.8 Å². The maximum atomic E-state index is 11.7. The SMILES string of the molecule is CC.CC.CCC/C=C(\CC)c1nsnc1OCCCCCC.CCCCCCCCCCCCCCCC(=O)OC(C)C1CC1. The number of carbonyl (C=O) groups is 1. The normalized spacial score (nSPS) is 12.9. The maximum Gasteiger partial charge on any atom is 0.306 e. The molecule has 1 fully saturated rings. The Bertz CT molecular complexity index is 791. The molecule has 0 aromatic carbocycles. The second kappa shape index (κ2) is 36.4. The van der Waals surface area contributed by atoms with Crippen LogP contribution < -0.4 is 4.74 Å². The monoisotopic (exact) mass is 667 g/mol. The Balaban J connectivity index is 0. The molecule has 46 heavy (non-hydrogen) atoms. The molecule has 1 aromatic rings. The lowest BCUT2D eigenvalue weighted by Crippen LogP contribution is -2.16. The standard InChI is InChI=1S/C21H40O2.C15H26N2OS.2C2H6/c1-3-4-5-6-7-8-9-10-11-12-13-14-15-16-21(22)23-19(2)20-17-18-20;1-4-7-9-10-12-18-15-14(16-19-17-15)13(6-3)11-8-5-2;2*1-2/h19-20H,3-18H2,1-2H3;11H,4-10,12H2,1-3H3;2*1-2H3/b;13-11+;;. The van der Waals surface area contributed by atoms with Crippen LogP contribution in [0, 0.1) is 5.92 Å². The summed E-state index contributed by atoms with van der Waals surface area (Å²) in [6.45, 7) is 19.6. The largest absolute Gasteiger partial charge is 0.475 e. The number of ether oxygens (including phenoxy) is 2. The highest BCUT2D eigenvalue weighted by atomic mass is 32.1. The van der Waals surface area contributed by atoms with E-state index in [1.54, 1.807) is 0 Å². The van der Waals surface area contributed by atoms with E-state index in [9.17, 15) is 4.79 Å². The Hall–Kier alpha value is -1.43. The molecule has 0 N–H and O–H groups in total. The first-order valence-corrected chi connectivity index (χ1v) is 20.6. The molecular formula is C40H78N2O3S. The Morgan fingerprint density at radius 1 is 0.739 bits per heavy atom. The third kappa shape index (κ3) is 27.7. The number of allylic oxidation sites excluding steroid dienone is 2. The number of rotatable bonds is 26. The molecule has 5 nitrogen and oxygen atoms in total. The first-order chi connectivity index (χ1) is 22.6. The molecule has 0 saturated heterocycles. The molecule has 272 valence electrons. The van der Waals surface area contributed by atoms with Gasteiger partial charge in [0, 0.05) is 6.42 Å². The van der Waals surface area contributed by atoms with Crippen molar-refractivity contribution in [3.05, 3.63) is 11.8 Å². The molecule has 0 bridgehead atoms. The van der Waals surface area contributed by atoms with Gasteiger partial charge >= 0.3 is 5.97 Å². The van der Waals surface area contributed by atoms with Gasteiger partial charge in [0.15, 0.2) is 0 Å². The lowest BCUT2D eigenvalue weighted by atomic mass is 10.0. The molecule has 1 unspecified atom stereocenters. The fourth-order valence-electron chi connectivity index (χ4n) is 5.11. The van der Waals surface area contributed by atoms with Crippen molar-refractivity contribution < 1.29 is 14.3 Å². The summed E-state index contributed by atoms with van der Waals surface area (Å²) in [5.74, 6) is 1.41. The number of unbranched alkanes of at least 4 members (excludes halogenated alkanes) is 16. The predicted octanol–water partition coefficient (Wildman–Crippen LogP) is 14.0. The average molecular weight is 667 g/mol. The van der Waals surface area contributed by atoms with Gasteiger partial charge < -0.3 is 9.47 Å². The van der Waals surface area contributed by atoms with Crippen LogP contribution in [0.25, 0.3) is 5.57 Å². The smallest absolute Gasteiger partial charge is 0.306 e. The van der Waals surface area contributed by atoms with E-state index in [0.29, 0.717) is 12.3 Å². The highest BCUT2D eigenvalue weighted by Crippen LogP contribution is 2.34. The van der Waals surface area contributed by atoms with Crippen LogP contribution >= 0.6 is 11.7 Å². The van der Waals surface area contributed by atoms with Crippen molar-refractivity contribution in [2.45, 2.75) is 216 Å². The minimum atomic E-state index is 0.0208. The quantitative estimate of drug-likeness (QED) is 0.0727. The second-order valence-corrected chi connectivity index (χ2v) is 12.8. The number of carbonyl (C=O) groups excluding carboxylic acids is 1. The zero-order valence-electron chi connectivity index (χ0n) is 32.2. The van der Waals surface area contributed by atoms with E-state index in [2.05, 4.69) is 42.5 Å². The van der Waals surface area contributed by atoms with E-state index in [4.69, 9.17) is 9.47 Å². The fraction of sp³-hybridized carbons (Fsp3) is 0.875. The predicted molar refractivity (Wildman–Crippen MR) is 204 cm³/mol. The molecule has 1 saturated carbocycles. The molecule has 0 radical (unpaired) electrons.